The lowest BCUT2D eigenvalue weighted by atomic mass is 10.2. The van der Waals surface area contributed by atoms with Crippen LogP contribution in [0.4, 0.5) is 0 Å². The first-order valence-electron chi connectivity index (χ1n) is 7.16. The molecule has 0 atom stereocenters. The van der Waals surface area contributed by atoms with Gasteiger partial charge in [-0.1, -0.05) is 54.6 Å². The molecule has 0 saturated carbocycles. The molecule has 2 aromatic carbocycles. The SMILES string of the molecule is C=Cc1cc(S(=O)(=O)c2ccc(C)cc2)c(-c2ccccc2)o1. The predicted molar refractivity (Wildman–Crippen MR) is 90.9 cm³/mol. The van der Waals surface area contributed by atoms with Crippen LogP contribution in [0.15, 0.2) is 81.5 Å². The van der Waals surface area contributed by atoms with Crippen LogP contribution < -0.4 is 0 Å². The molecular weight excluding hydrogens is 308 g/mol. The number of furan rings is 1. The van der Waals surface area contributed by atoms with Crippen LogP contribution in [0.3, 0.4) is 0 Å². The molecule has 23 heavy (non-hydrogen) atoms. The van der Waals surface area contributed by atoms with Gasteiger partial charge in [0.15, 0.2) is 5.76 Å². The van der Waals surface area contributed by atoms with Gasteiger partial charge in [0.2, 0.25) is 9.84 Å². The summed E-state index contributed by atoms with van der Waals surface area (Å²) in [7, 11) is -3.67. The molecule has 0 unspecified atom stereocenters. The summed E-state index contributed by atoms with van der Waals surface area (Å²) in [5.74, 6) is 0.760. The van der Waals surface area contributed by atoms with Crippen molar-refractivity contribution in [1.29, 1.82) is 0 Å². The Morgan fingerprint density at radius 3 is 2.26 bits per heavy atom. The van der Waals surface area contributed by atoms with Gasteiger partial charge in [-0.05, 0) is 25.1 Å². The van der Waals surface area contributed by atoms with Crippen molar-refractivity contribution in [2.24, 2.45) is 0 Å². The van der Waals surface area contributed by atoms with E-state index in [1.165, 1.54) is 12.1 Å². The first kappa shape index (κ1) is 15.3. The predicted octanol–water partition coefficient (Wildman–Crippen LogP) is 4.73. The molecule has 1 heterocycles. The third-order valence-corrected chi connectivity index (χ3v) is 5.35. The van der Waals surface area contributed by atoms with Crippen molar-refractivity contribution in [3.8, 4) is 11.3 Å². The molecule has 0 aliphatic carbocycles. The van der Waals surface area contributed by atoms with Gasteiger partial charge < -0.3 is 4.42 Å². The Hall–Kier alpha value is -2.59. The minimum atomic E-state index is -3.67. The van der Waals surface area contributed by atoms with Gasteiger partial charge in [0, 0.05) is 11.6 Å². The van der Waals surface area contributed by atoms with E-state index >= 15 is 0 Å². The molecule has 0 saturated heterocycles. The summed E-state index contributed by atoms with van der Waals surface area (Å²) in [6.45, 7) is 5.57. The number of hydrogen-bond donors (Lipinski definition) is 0. The topological polar surface area (TPSA) is 47.3 Å². The Morgan fingerprint density at radius 2 is 1.65 bits per heavy atom. The van der Waals surface area contributed by atoms with E-state index in [4.69, 9.17) is 4.42 Å². The van der Waals surface area contributed by atoms with Crippen molar-refractivity contribution in [2.45, 2.75) is 16.7 Å². The maximum atomic E-state index is 13.0. The van der Waals surface area contributed by atoms with Crippen LogP contribution in [-0.4, -0.2) is 8.42 Å². The van der Waals surface area contributed by atoms with Gasteiger partial charge in [-0.15, -0.1) is 0 Å². The van der Waals surface area contributed by atoms with Crippen LogP contribution in [0.1, 0.15) is 11.3 Å². The summed E-state index contributed by atoms with van der Waals surface area (Å²) in [5.41, 5.74) is 1.72. The van der Waals surface area contributed by atoms with E-state index in [1.807, 2.05) is 37.3 Å². The van der Waals surface area contributed by atoms with Crippen molar-refractivity contribution < 1.29 is 12.8 Å². The molecule has 1 aromatic heterocycles. The summed E-state index contributed by atoms with van der Waals surface area (Å²) in [5, 5.41) is 0. The molecular formula is C19H16O3S. The van der Waals surface area contributed by atoms with Gasteiger partial charge >= 0.3 is 0 Å². The molecule has 0 amide bonds. The fraction of sp³-hybridized carbons (Fsp3) is 0.0526. The van der Waals surface area contributed by atoms with E-state index in [-0.39, 0.29) is 9.79 Å². The summed E-state index contributed by atoms with van der Waals surface area (Å²) in [4.78, 5) is 0.402. The maximum Gasteiger partial charge on any atom is 0.210 e. The smallest absolute Gasteiger partial charge is 0.210 e. The molecule has 3 aromatic rings. The quantitative estimate of drug-likeness (QED) is 0.697. The fourth-order valence-electron chi connectivity index (χ4n) is 2.33. The Bertz CT molecular complexity index is 934. The molecule has 116 valence electrons. The van der Waals surface area contributed by atoms with E-state index in [0.717, 1.165) is 5.56 Å². The van der Waals surface area contributed by atoms with Crippen molar-refractivity contribution in [1.82, 2.24) is 0 Å². The van der Waals surface area contributed by atoms with E-state index in [9.17, 15) is 8.42 Å². The highest BCUT2D eigenvalue weighted by atomic mass is 32.2. The second kappa shape index (κ2) is 5.89. The largest absolute Gasteiger partial charge is 0.455 e. The highest BCUT2D eigenvalue weighted by Gasteiger charge is 2.26. The average molecular weight is 324 g/mol. The molecule has 4 heteroatoms. The second-order valence-electron chi connectivity index (χ2n) is 5.23. The summed E-state index contributed by atoms with van der Waals surface area (Å²) in [6, 6.07) is 17.5. The van der Waals surface area contributed by atoms with Crippen LogP contribution in [0.2, 0.25) is 0 Å². The van der Waals surface area contributed by atoms with Gasteiger partial charge in [0.05, 0.1) is 4.90 Å². The van der Waals surface area contributed by atoms with Crippen molar-refractivity contribution >= 4 is 15.9 Å². The zero-order valence-electron chi connectivity index (χ0n) is 12.7. The molecule has 0 spiro atoms. The van der Waals surface area contributed by atoms with Crippen molar-refractivity contribution in [2.75, 3.05) is 0 Å². The Balaban J connectivity index is 2.21. The third kappa shape index (κ3) is 2.85. The molecule has 0 fully saturated rings. The van der Waals surface area contributed by atoms with E-state index in [1.54, 1.807) is 24.3 Å². The maximum absolute atomic E-state index is 13.0. The van der Waals surface area contributed by atoms with Crippen LogP contribution in [0.25, 0.3) is 17.4 Å². The third-order valence-electron chi connectivity index (χ3n) is 3.58. The van der Waals surface area contributed by atoms with Crippen LogP contribution in [0.5, 0.6) is 0 Å². The number of rotatable bonds is 4. The highest BCUT2D eigenvalue weighted by Crippen LogP contribution is 2.34. The molecule has 0 aliphatic rings. The highest BCUT2D eigenvalue weighted by molar-refractivity contribution is 7.91. The minimum absolute atomic E-state index is 0.155. The van der Waals surface area contributed by atoms with Crippen molar-refractivity contribution in [3.05, 3.63) is 78.6 Å². The lowest BCUT2D eigenvalue weighted by molar-refractivity contribution is 0.563. The standard InChI is InChI=1S/C19H16O3S/c1-3-16-13-18(19(22-16)15-7-5-4-6-8-15)23(20,21)17-11-9-14(2)10-12-17/h3-13H,1H2,2H3. The summed E-state index contributed by atoms with van der Waals surface area (Å²) >= 11 is 0. The Morgan fingerprint density at radius 1 is 1.00 bits per heavy atom. The van der Waals surface area contributed by atoms with Gasteiger partial charge in [-0.25, -0.2) is 8.42 Å². The zero-order valence-corrected chi connectivity index (χ0v) is 13.5. The van der Waals surface area contributed by atoms with Crippen LogP contribution >= 0.6 is 0 Å². The molecule has 0 aliphatic heterocycles. The Labute approximate surface area is 135 Å². The average Bonchev–Trinajstić information content (AvgIpc) is 3.01. The lowest BCUT2D eigenvalue weighted by Crippen LogP contribution is -2.02. The van der Waals surface area contributed by atoms with E-state index in [0.29, 0.717) is 17.1 Å². The summed E-state index contributed by atoms with van der Waals surface area (Å²) in [6.07, 6.45) is 1.50. The zero-order chi connectivity index (χ0) is 16.4. The van der Waals surface area contributed by atoms with Gasteiger partial charge in [-0.3, -0.25) is 0 Å². The van der Waals surface area contributed by atoms with Crippen molar-refractivity contribution in [3.63, 3.8) is 0 Å². The molecule has 0 N–H and O–H groups in total. The van der Waals surface area contributed by atoms with Gasteiger partial charge in [0.25, 0.3) is 0 Å². The fourth-order valence-corrected chi connectivity index (χ4v) is 3.75. The molecule has 0 bridgehead atoms. The first-order chi connectivity index (χ1) is 11.0. The second-order valence-corrected chi connectivity index (χ2v) is 7.15. The minimum Gasteiger partial charge on any atom is -0.455 e. The van der Waals surface area contributed by atoms with E-state index < -0.39 is 9.84 Å². The number of benzene rings is 2. The van der Waals surface area contributed by atoms with E-state index in [2.05, 4.69) is 6.58 Å². The first-order valence-corrected chi connectivity index (χ1v) is 8.64. The lowest BCUT2D eigenvalue weighted by Gasteiger charge is -2.05. The number of aryl methyl sites for hydroxylation is 1. The number of sulfone groups is 1. The normalized spacial score (nSPS) is 11.3. The Kier molecular flexibility index (Phi) is 3.92. The van der Waals surface area contributed by atoms with Crippen LogP contribution in [0, 0.1) is 6.92 Å². The summed E-state index contributed by atoms with van der Waals surface area (Å²) < 4.78 is 31.6. The van der Waals surface area contributed by atoms with Crippen LogP contribution in [-0.2, 0) is 9.84 Å². The molecule has 3 nitrogen and oxygen atoms in total. The van der Waals surface area contributed by atoms with Gasteiger partial charge in [0.1, 0.15) is 10.7 Å². The molecule has 0 radical (unpaired) electrons. The monoisotopic (exact) mass is 324 g/mol. The van der Waals surface area contributed by atoms with Gasteiger partial charge in [-0.2, -0.15) is 0 Å². The number of hydrogen-bond acceptors (Lipinski definition) is 3. The molecule has 3 rings (SSSR count).